The number of rotatable bonds is 4. The highest BCUT2D eigenvalue weighted by Gasteiger charge is 2.02. The minimum absolute atomic E-state index is 0.592. The third-order valence-electron chi connectivity index (χ3n) is 3.17. The fraction of sp³-hybridized carbons (Fsp3) is 0.176. The Hall–Kier alpha value is -3.02. The predicted octanol–water partition coefficient (Wildman–Crippen LogP) is 3.68. The first-order valence-corrected chi connectivity index (χ1v) is 7.35. The lowest BCUT2D eigenvalue weighted by molar-refractivity contribution is 0.986. The summed E-state index contributed by atoms with van der Waals surface area (Å²) in [6, 6.07) is 13.6. The summed E-state index contributed by atoms with van der Waals surface area (Å²) < 4.78 is 0. The molecule has 2 heterocycles. The molecule has 0 amide bonds. The number of hydrogen-bond acceptors (Lipinski definition) is 6. The van der Waals surface area contributed by atoms with Gasteiger partial charge in [0.25, 0.3) is 0 Å². The maximum Gasteiger partial charge on any atom is 0.227 e. The normalized spacial score (nSPS) is 10.4. The largest absolute Gasteiger partial charge is 0.339 e. The summed E-state index contributed by atoms with van der Waals surface area (Å²) in [5, 5.41) is 14.6. The second kappa shape index (κ2) is 6.39. The van der Waals surface area contributed by atoms with E-state index in [9.17, 15) is 0 Å². The summed E-state index contributed by atoms with van der Waals surface area (Å²) >= 11 is 0. The standard InChI is InChI=1S/C17H18N6/c1-11-7-8-16(23-22-11)20-14-5-4-6-15(10-14)21-17-18-12(2)9-13(3)19-17/h4-10H,1-3H3,(H,20,23)(H,18,19,21). The average molecular weight is 306 g/mol. The molecule has 0 saturated carbocycles. The quantitative estimate of drug-likeness (QED) is 0.766. The van der Waals surface area contributed by atoms with Crippen LogP contribution in [-0.2, 0) is 0 Å². The third-order valence-corrected chi connectivity index (χ3v) is 3.17. The molecule has 2 N–H and O–H groups in total. The number of nitrogens with zero attached hydrogens (tertiary/aromatic N) is 4. The molecule has 0 spiro atoms. The number of anilines is 4. The molecule has 0 aliphatic heterocycles. The van der Waals surface area contributed by atoms with Crippen molar-refractivity contribution < 1.29 is 0 Å². The number of nitrogens with one attached hydrogen (secondary N) is 2. The van der Waals surface area contributed by atoms with Gasteiger partial charge in [0.2, 0.25) is 5.95 Å². The van der Waals surface area contributed by atoms with Gasteiger partial charge in [-0.15, -0.1) is 5.10 Å². The van der Waals surface area contributed by atoms with Gasteiger partial charge < -0.3 is 10.6 Å². The highest BCUT2D eigenvalue weighted by molar-refractivity contribution is 5.65. The lowest BCUT2D eigenvalue weighted by Crippen LogP contribution is -2.01. The van der Waals surface area contributed by atoms with E-state index in [-0.39, 0.29) is 0 Å². The summed E-state index contributed by atoms with van der Waals surface area (Å²) in [7, 11) is 0. The van der Waals surface area contributed by atoms with Crippen LogP contribution in [0, 0.1) is 20.8 Å². The zero-order valence-corrected chi connectivity index (χ0v) is 13.3. The van der Waals surface area contributed by atoms with Crippen LogP contribution >= 0.6 is 0 Å². The Morgan fingerprint density at radius 1 is 0.696 bits per heavy atom. The van der Waals surface area contributed by atoms with Gasteiger partial charge in [-0.2, -0.15) is 5.10 Å². The van der Waals surface area contributed by atoms with Crippen LogP contribution in [0.25, 0.3) is 0 Å². The molecule has 0 aliphatic carbocycles. The molecule has 6 nitrogen and oxygen atoms in total. The summed E-state index contributed by atoms with van der Waals surface area (Å²) in [4.78, 5) is 8.78. The van der Waals surface area contributed by atoms with Gasteiger partial charge in [-0.25, -0.2) is 9.97 Å². The van der Waals surface area contributed by atoms with Crippen LogP contribution in [0.2, 0.25) is 0 Å². The second-order valence-corrected chi connectivity index (χ2v) is 5.37. The van der Waals surface area contributed by atoms with Crippen LogP contribution in [0.15, 0.2) is 42.5 Å². The molecule has 3 rings (SSSR count). The van der Waals surface area contributed by atoms with Crippen LogP contribution in [-0.4, -0.2) is 20.2 Å². The van der Waals surface area contributed by atoms with E-state index in [4.69, 9.17) is 0 Å². The molecular weight excluding hydrogens is 288 g/mol. The Morgan fingerprint density at radius 2 is 1.39 bits per heavy atom. The van der Waals surface area contributed by atoms with Crippen molar-refractivity contribution in [3.63, 3.8) is 0 Å². The van der Waals surface area contributed by atoms with Gasteiger partial charge in [0.05, 0.1) is 5.69 Å². The molecule has 0 unspecified atom stereocenters. The molecule has 0 fully saturated rings. The summed E-state index contributed by atoms with van der Waals surface area (Å²) in [6.07, 6.45) is 0. The van der Waals surface area contributed by atoms with Gasteiger partial charge in [-0.3, -0.25) is 0 Å². The Balaban J connectivity index is 1.78. The molecule has 0 atom stereocenters. The average Bonchev–Trinajstić information content (AvgIpc) is 2.49. The zero-order chi connectivity index (χ0) is 16.2. The molecule has 0 saturated heterocycles. The molecule has 6 heteroatoms. The van der Waals surface area contributed by atoms with Gasteiger partial charge in [-0.05, 0) is 57.2 Å². The first kappa shape index (κ1) is 14.9. The van der Waals surface area contributed by atoms with Crippen molar-refractivity contribution in [1.82, 2.24) is 20.2 Å². The predicted molar refractivity (Wildman–Crippen MR) is 91.3 cm³/mol. The lowest BCUT2D eigenvalue weighted by atomic mass is 10.2. The maximum absolute atomic E-state index is 4.39. The number of benzene rings is 1. The monoisotopic (exact) mass is 306 g/mol. The Bertz CT molecular complexity index is 793. The van der Waals surface area contributed by atoms with Crippen LogP contribution in [0.3, 0.4) is 0 Å². The first-order valence-electron chi connectivity index (χ1n) is 7.35. The van der Waals surface area contributed by atoms with Crippen molar-refractivity contribution in [2.45, 2.75) is 20.8 Å². The van der Waals surface area contributed by atoms with Crippen molar-refractivity contribution in [3.05, 3.63) is 59.5 Å². The first-order chi connectivity index (χ1) is 11.1. The molecule has 3 aromatic rings. The highest BCUT2D eigenvalue weighted by atomic mass is 15.2. The van der Waals surface area contributed by atoms with Crippen LogP contribution in [0.1, 0.15) is 17.1 Å². The van der Waals surface area contributed by atoms with E-state index in [1.807, 2.05) is 63.2 Å². The Kier molecular flexibility index (Phi) is 4.14. The van der Waals surface area contributed by atoms with Crippen molar-refractivity contribution in [2.24, 2.45) is 0 Å². The van der Waals surface area contributed by atoms with Gasteiger partial charge in [0.15, 0.2) is 5.82 Å². The fourth-order valence-corrected chi connectivity index (χ4v) is 2.20. The fourth-order valence-electron chi connectivity index (χ4n) is 2.20. The van der Waals surface area contributed by atoms with Crippen LogP contribution in [0.5, 0.6) is 0 Å². The van der Waals surface area contributed by atoms with Gasteiger partial charge in [0, 0.05) is 22.8 Å². The van der Waals surface area contributed by atoms with E-state index >= 15 is 0 Å². The van der Waals surface area contributed by atoms with Gasteiger partial charge >= 0.3 is 0 Å². The summed E-state index contributed by atoms with van der Waals surface area (Å²) in [5.74, 6) is 1.30. The Morgan fingerprint density at radius 3 is 2.04 bits per heavy atom. The maximum atomic E-state index is 4.39. The molecule has 0 bridgehead atoms. The molecule has 0 radical (unpaired) electrons. The molecule has 0 aliphatic rings. The summed E-state index contributed by atoms with van der Waals surface area (Å²) in [5.41, 5.74) is 4.57. The van der Waals surface area contributed by atoms with Crippen molar-refractivity contribution in [1.29, 1.82) is 0 Å². The highest BCUT2D eigenvalue weighted by Crippen LogP contribution is 2.21. The number of hydrogen-bond donors (Lipinski definition) is 2. The second-order valence-electron chi connectivity index (χ2n) is 5.37. The third kappa shape index (κ3) is 4.00. The van der Waals surface area contributed by atoms with Crippen molar-refractivity contribution >= 4 is 23.1 Å². The van der Waals surface area contributed by atoms with Gasteiger partial charge in [-0.1, -0.05) is 6.07 Å². The van der Waals surface area contributed by atoms with E-state index in [0.29, 0.717) is 11.8 Å². The minimum atomic E-state index is 0.592. The topological polar surface area (TPSA) is 75.6 Å². The van der Waals surface area contributed by atoms with Crippen molar-refractivity contribution in [2.75, 3.05) is 10.6 Å². The summed E-state index contributed by atoms with van der Waals surface area (Å²) in [6.45, 7) is 5.81. The smallest absolute Gasteiger partial charge is 0.227 e. The SMILES string of the molecule is Cc1ccc(Nc2cccc(Nc3nc(C)cc(C)n3)c2)nn1. The number of aryl methyl sites for hydroxylation is 3. The van der Waals surface area contributed by atoms with E-state index in [2.05, 4.69) is 30.8 Å². The van der Waals surface area contributed by atoms with E-state index in [0.717, 1.165) is 28.5 Å². The van der Waals surface area contributed by atoms with E-state index in [1.165, 1.54) is 0 Å². The number of aromatic nitrogens is 4. The molecule has 1 aromatic carbocycles. The molecular formula is C17H18N6. The minimum Gasteiger partial charge on any atom is -0.339 e. The van der Waals surface area contributed by atoms with Crippen LogP contribution < -0.4 is 10.6 Å². The molecule has 116 valence electrons. The molecule has 2 aromatic heterocycles. The van der Waals surface area contributed by atoms with Gasteiger partial charge in [0.1, 0.15) is 0 Å². The van der Waals surface area contributed by atoms with E-state index < -0.39 is 0 Å². The molecule has 23 heavy (non-hydrogen) atoms. The van der Waals surface area contributed by atoms with Crippen molar-refractivity contribution in [3.8, 4) is 0 Å². The zero-order valence-electron chi connectivity index (χ0n) is 13.3. The lowest BCUT2D eigenvalue weighted by Gasteiger charge is -2.09. The van der Waals surface area contributed by atoms with Crippen LogP contribution in [0.4, 0.5) is 23.1 Å². The van der Waals surface area contributed by atoms with E-state index in [1.54, 1.807) is 0 Å². The Labute approximate surface area is 135 Å².